The van der Waals surface area contributed by atoms with E-state index >= 15 is 0 Å². The first kappa shape index (κ1) is 9.01. The second-order valence-corrected chi connectivity index (χ2v) is 3.31. The molecule has 0 unspecified atom stereocenters. The van der Waals surface area contributed by atoms with Gasteiger partial charge in [-0.1, -0.05) is 13.8 Å². The zero-order valence-electron chi connectivity index (χ0n) is 7.89. The predicted octanol–water partition coefficient (Wildman–Crippen LogP) is 1.51. The Morgan fingerprint density at radius 3 is 2.27 bits per heavy atom. The van der Waals surface area contributed by atoms with Crippen molar-refractivity contribution in [2.75, 3.05) is 26.7 Å². The molecule has 2 fully saturated rings. The summed E-state index contributed by atoms with van der Waals surface area (Å²) < 4.78 is 5.61. The van der Waals surface area contributed by atoms with Crippen LogP contribution in [-0.4, -0.2) is 37.2 Å². The van der Waals surface area contributed by atoms with Crippen LogP contribution in [0.4, 0.5) is 0 Å². The molecule has 11 heavy (non-hydrogen) atoms. The molecule has 0 amide bonds. The summed E-state index contributed by atoms with van der Waals surface area (Å²) in [6, 6.07) is 0. The van der Waals surface area contributed by atoms with E-state index in [1.807, 2.05) is 13.8 Å². The molecule has 2 heteroatoms. The monoisotopic (exact) mass is 157 g/mol. The molecule has 2 aliphatic rings. The fraction of sp³-hybridized carbons (Fsp3) is 1.00. The topological polar surface area (TPSA) is 12.5 Å². The van der Waals surface area contributed by atoms with Crippen LogP contribution in [0.5, 0.6) is 0 Å². The van der Waals surface area contributed by atoms with Crippen molar-refractivity contribution in [2.45, 2.75) is 32.3 Å². The quantitative estimate of drug-likeness (QED) is 0.528. The largest absolute Gasteiger partial charge is 0.372 e. The zero-order valence-corrected chi connectivity index (χ0v) is 7.89. The average molecular weight is 157 g/mol. The van der Waals surface area contributed by atoms with Gasteiger partial charge in [-0.15, -0.1) is 0 Å². The van der Waals surface area contributed by atoms with Crippen molar-refractivity contribution in [3.63, 3.8) is 0 Å². The van der Waals surface area contributed by atoms with Gasteiger partial charge in [0.1, 0.15) is 0 Å². The molecule has 66 valence electrons. The van der Waals surface area contributed by atoms with Gasteiger partial charge in [0.2, 0.25) is 0 Å². The highest BCUT2D eigenvalue weighted by Crippen LogP contribution is 2.33. The third kappa shape index (κ3) is 1.74. The van der Waals surface area contributed by atoms with Crippen molar-refractivity contribution in [3.8, 4) is 0 Å². The van der Waals surface area contributed by atoms with E-state index in [1.165, 1.54) is 12.8 Å². The Kier molecular flexibility index (Phi) is 2.90. The molecule has 2 nitrogen and oxygen atoms in total. The highest BCUT2D eigenvalue weighted by molar-refractivity contribution is 4.98. The summed E-state index contributed by atoms with van der Waals surface area (Å²) in [5, 5.41) is 0. The Morgan fingerprint density at radius 2 is 1.91 bits per heavy atom. The van der Waals surface area contributed by atoms with Crippen molar-refractivity contribution in [1.29, 1.82) is 0 Å². The van der Waals surface area contributed by atoms with Crippen LogP contribution in [0.25, 0.3) is 0 Å². The van der Waals surface area contributed by atoms with Crippen LogP contribution in [0.2, 0.25) is 0 Å². The number of likely N-dealkylation sites (tertiary alicyclic amines) is 1. The minimum Gasteiger partial charge on any atom is -0.372 e. The van der Waals surface area contributed by atoms with Crippen molar-refractivity contribution in [1.82, 2.24) is 4.90 Å². The summed E-state index contributed by atoms with van der Waals surface area (Å²) in [5.41, 5.74) is 0.314. The van der Waals surface area contributed by atoms with E-state index in [0.717, 1.165) is 19.7 Å². The maximum Gasteiger partial charge on any atom is 0.0935 e. The molecule has 0 N–H and O–H groups in total. The molecule has 2 saturated heterocycles. The summed E-state index contributed by atoms with van der Waals surface area (Å²) >= 11 is 0. The Labute approximate surface area is 69.5 Å². The van der Waals surface area contributed by atoms with Gasteiger partial charge < -0.3 is 9.64 Å². The molecule has 0 bridgehead atoms. The van der Waals surface area contributed by atoms with Gasteiger partial charge in [-0.2, -0.15) is 0 Å². The van der Waals surface area contributed by atoms with Crippen molar-refractivity contribution < 1.29 is 4.74 Å². The van der Waals surface area contributed by atoms with Crippen LogP contribution in [0.15, 0.2) is 0 Å². The lowest BCUT2D eigenvalue weighted by molar-refractivity contribution is -0.100. The van der Waals surface area contributed by atoms with Gasteiger partial charge in [0.25, 0.3) is 0 Å². The normalized spacial score (nSPS) is 27.5. The third-order valence-electron chi connectivity index (χ3n) is 2.30. The van der Waals surface area contributed by atoms with Crippen molar-refractivity contribution in [3.05, 3.63) is 0 Å². The number of ether oxygens (including phenoxy) is 1. The predicted molar refractivity (Wildman–Crippen MR) is 46.8 cm³/mol. The first-order chi connectivity index (χ1) is 5.31. The molecule has 2 heterocycles. The molecule has 0 atom stereocenters. The second-order valence-electron chi connectivity index (χ2n) is 3.31. The van der Waals surface area contributed by atoms with E-state index in [4.69, 9.17) is 4.74 Å². The molecule has 0 saturated carbocycles. The molecule has 0 aromatic rings. The Hall–Kier alpha value is -0.0800. The number of nitrogens with zero attached hydrogens (tertiary/aromatic N) is 1. The summed E-state index contributed by atoms with van der Waals surface area (Å²) in [6.07, 6.45) is 2.56. The Bertz CT molecular complexity index is 111. The second kappa shape index (κ2) is 3.55. The van der Waals surface area contributed by atoms with Gasteiger partial charge in [0.05, 0.1) is 5.60 Å². The van der Waals surface area contributed by atoms with E-state index in [1.54, 1.807) is 0 Å². The lowest BCUT2D eigenvalue weighted by Gasteiger charge is -2.45. The van der Waals surface area contributed by atoms with Gasteiger partial charge in [-0.3, -0.25) is 0 Å². The maximum absolute atomic E-state index is 5.61. The van der Waals surface area contributed by atoms with E-state index in [0.29, 0.717) is 5.60 Å². The SMILES string of the molecule is CC.CN1CC2(CCCO2)C1. The zero-order chi connectivity index (χ0) is 8.32. The van der Waals surface area contributed by atoms with Crippen LogP contribution in [0.1, 0.15) is 26.7 Å². The molecule has 1 spiro atoms. The van der Waals surface area contributed by atoms with Crippen LogP contribution in [-0.2, 0) is 4.74 Å². The Morgan fingerprint density at radius 1 is 1.27 bits per heavy atom. The number of rotatable bonds is 0. The van der Waals surface area contributed by atoms with Gasteiger partial charge in [0, 0.05) is 19.7 Å². The molecule has 0 radical (unpaired) electrons. The highest BCUT2D eigenvalue weighted by atomic mass is 16.5. The number of hydrogen-bond donors (Lipinski definition) is 0. The number of likely N-dealkylation sites (N-methyl/N-ethyl adjacent to an activating group) is 1. The van der Waals surface area contributed by atoms with Gasteiger partial charge >= 0.3 is 0 Å². The van der Waals surface area contributed by atoms with Crippen LogP contribution in [0, 0.1) is 0 Å². The van der Waals surface area contributed by atoms with Gasteiger partial charge in [0.15, 0.2) is 0 Å². The highest BCUT2D eigenvalue weighted by Gasteiger charge is 2.44. The smallest absolute Gasteiger partial charge is 0.0935 e. The average Bonchev–Trinajstić information content (AvgIpc) is 2.40. The third-order valence-corrected chi connectivity index (χ3v) is 2.30. The lowest BCUT2D eigenvalue weighted by Crippen LogP contribution is -2.59. The number of hydrogen-bond acceptors (Lipinski definition) is 2. The van der Waals surface area contributed by atoms with Gasteiger partial charge in [-0.25, -0.2) is 0 Å². The minimum atomic E-state index is 0.314. The maximum atomic E-state index is 5.61. The summed E-state index contributed by atoms with van der Waals surface area (Å²) in [4.78, 5) is 2.31. The van der Waals surface area contributed by atoms with E-state index < -0.39 is 0 Å². The molecule has 2 rings (SSSR count). The fourth-order valence-corrected chi connectivity index (χ4v) is 1.94. The first-order valence-electron chi connectivity index (χ1n) is 4.63. The summed E-state index contributed by atoms with van der Waals surface area (Å²) in [7, 11) is 2.15. The van der Waals surface area contributed by atoms with Crippen molar-refractivity contribution in [2.24, 2.45) is 0 Å². The van der Waals surface area contributed by atoms with E-state index in [-0.39, 0.29) is 0 Å². The lowest BCUT2D eigenvalue weighted by atomic mass is 9.92. The van der Waals surface area contributed by atoms with E-state index in [2.05, 4.69) is 11.9 Å². The summed E-state index contributed by atoms with van der Waals surface area (Å²) in [6.45, 7) is 7.31. The molecular formula is C9H19NO. The van der Waals surface area contributed by atoms with E-state index in [9.17, 15) is 0 Å². The fourth-order valence-electron chi connectivity index (χ4n) is 1.94. The first-order valence-corrected chi connectivity index (χ1v) is 4.63. The van der Waals surface area contributed by atoms with Gasteiger partial charge in [-0.05, 0) is 19.9 Å². The Balaban J connectivity index is 0.000000281. The summed E-state index contributed by atoms with van der Waals surface area (Å²) in [5.74, 6) is 0. The minimum absolute atomic E-state index is 0.314. The van der Waals surface area contributed by atoms with Crippen molar-refractivity contribution >= 4 is 0 Å². The molecule has 0 aromatic carbocycles. The van der Waals surface area contributed by atoms with Crippen LogP contribution >= 0.6 is 0 Å². The van der Waals surface area contributed by atoms with Crippen LogP contribution < -0.4 is 0 Å². The molecule has 0 aromatic heterocycles. The molecular weight excluding hydrogens is 138 g/mol. The molecule has 2 aliphatic heterocycles. The van der Waals surface area contributed by atoms with Crippen LogP contribution in [0.3, 0.4) is 0 Å². The molecule has 0 aliphatic carbocycles. The standard InChI is InChI=1S/C7H13NO.C2H6/c1-8-5-7(6-8)3-2-4-9-7;1-2/h2-6H2,1H3;1-2H3.